The molecule has 2 aromatic carbocycles. The van der Waals surface area contributed by atoms with Gasteiger partial charge in [-0.25, -0.2) is 4.79 Å². The molecule has 1 radical (unpaired) electrons. The van der Waals surface area contributed by atoms with Crippen molar-refractivity contribution >= 4 is 12.0 Å². The summed E-state index contributed by atoms with van der Waals surface area (Å²) in [5.41, 5.74) is 2.89. The van der Waals surface area contributed by atoms with Gasteiger partial charge in [-0.3, -0.25) is 0 Å². The molecule has 0 saturated heterocycles. The summed E-state index contributed by atoms with van der Waals surface area (Å²) >= 11 is 0. The first-order valence-corrected chi connectivity index (χ1v) is 5.24. The Morgan fingerprint density at radius 2 is 2.06 bits per heavy atom. The molecule has 0 aliphatic carbocycles. The Kier molecular flexibility index (Phi) is 3.36. The van der Waals surface area contributed by atoms with Crippen LogP contribution in [0.2, 0.25) is 0 Å². The highest BCUT2D eigenvalue weighted by Crippen LogP contribution is 2.19. The molecular weight excluding hydrogens is 212 g/mol. The molecule has 0 unspecified atom stereocenters. The van der Waals surface area contributed by atoms with Crippen LogP contribution < -0.4 is 0 Å². The molecule has 0 aromatic heterocycles. The summed E-state index contributed by atoms with van der Waals surface area (Å²) in [7, 11) is 0. The molecule has 0 atom stereocenters. The van der Waals surface area contributed by atoms with Gasteiger partial charge in [0.1, 0.15) is 0 Å². The number of aliphatic carboxylic acids is 1. The zero-order valence-corrected chi connectivity index (χ0v) is 9.13. The Morgan fingerprint density at radius 3 is 2.76 bits per heavy atom. The maximum atomic E-state index is 10.4. The van der Waals surface area contributed by atoms with Crippen LogP contribution in [0.25, 0.3) is 17.2 Å². The molecule has 2 aromatic rings. The lowest BCUT2D eigenvalue weighted by Crippen LogP contribution is -1.86. The molecule has 0 amide bonds. The number of hydrogen-bond acceptors (Lipinski definition) is 1. The van der Waals surface area contributed by atoms with Crippen molar-refractivity contribution in [3.63, 3.8) is 0 Å². The van der Waals surface area contributed by atoms with Crippen LogP contribution >= 0.6 is 0 Å². The molecule has 0 aliphatic heterocycles. The molecular formula is C15H11O2. The molecule has 0 saturated carbocycles. The normalized spacial score (nSPS) is 10.6. The lowest BCUT2D eigenvalue weighted by molar-refractivity contribution is -0.131. The van der Waals surface area contributed by atoms with Crippen molar-refractivity contribution in [2.75, 3.05) is 0 Å². The first-order chi connectivity index (χ1) is 8.25. The monoisotopic (exact) mass is 223 g/mol. The summed E-state index contributed by atoms with van der Waals surface area (Å²) in [6.45, 7) is 0. The smallest absolute Gasteiger partial charge is 0.328 e. The summed E-state index contributed by atoms with van der Waals surface area (Å²) in [5.74, 6) is -0.943. The van der Waals surface area contributed by atoms with Gasteiger partial charge in [-0.1, -0.05) is 42.5 Å². The van der Waals surface area contributed by atoms with Crippen LogP contribution in [0, 0.1) is 6.07 Å². The van der Waals surface area contributed by atoms with E-state index in [0.29, 0.717) is 0 Å². The van der Waals surface area contributed by atoms with E-state index in [9.17, 15) is 4.79 Å². The van der Waals surface area contributed by atoms with E-state index in [4.69, 9.17) is 5.11 Å². The maximum Gasteiger partial charge on any atom is 0.328 e. The largest absolute Gasteiger partial charge is 0.478 e. The Bertz CT molecular complexity index is 542. The van der Waals surface area contributed by atoms with Gasteiger partial charge in [0.15, 0.2) is 0 Å². The zero-order valence-electron chi connectivity index (χ0n) is 9.13. The molecule has 0 fully saturated rings. The molecule has 83 valence electrons. The minimum Gasteiger partial charge on any atom is -0.478 e. The lowest BCUT2D eigenvalue weighted by atomic mass is 10.0. The topological polar surface area (TPSA) is 37.3 Å². The number of carboxylic acids is 1. The number of benzene rings is 2. The van der Waals surface area contributed by atoms with E-state index in [-0.39, 0.29) is 0 Å². The van der Waals surface area contributed by atoms with E-state index in [0.717, 1.165) is 22.8 Å². The minimum atomic E-state index is -0.943. The quantitative estimate of drug-likeness (QED) is 0.811. The molecule has 1 N–H and O–H groups in total. The molecule has 0 spiro atoms. The third kappa shape index (κ3) is 3.05. The fraction of sp³-hybridized carbons (Fsp3) is 0. The zero-order chi connectivity index (χ0) is 12.1. The average Bonchev–Trinajstić information content (AvgIpc) is 2.38. The van der Waals surface area contributed by atoms with Crippen molar-refractivity contribution in [3.8, 4) is 11.1 Å². The molecule has 2 heteroatoms. The molecule has 2 nitrogen and oxygen atoms in total. The van der Waals surface area contributed by atoms with E-state index >= 15 is 0 Å². The fourth-order valence-electron chi connectivity index (χ4n) is 1.55. The highest BCUT2D eigenvalue weighted by molar-refractivity contribution is 5.85. The van der Waals surface area contributed by atoms with Crippen molar-refractivity contribution in [1.29, 1.82) is 0 Å². The number of carboxylic acid groups (broad SMARTS) is 1. The van der Waals surface area contributed by atoms with Crippen LogP contribution in [0.5, 0.6) is 0 Å². The van der Waals surface area contributed by atoms with Gasteiger partial charge in [-0.05, 0) is 34.9 Å². The van der Waals surface area contributed by atoms with Gasteiger partial charge in [-0.15, -0.1) is 0 Å². The molecule has 17 heavy (non-hydrogen) atoms. The van der Waals surface area contributed by atoms with Crippen LogP contribution in [-0.2, 0) is 4.79 Å². The van der Waals surface area contributed by atoms with E-state index in [1.807, 2.05) is 48.5 Å². The van der Waals surface area contributed by atoms with Gasteiger partial charge in [0.2, 0.25) is 0 Å². The Labute approximate surface area is 99.8 Å². The second-order valence-electron chi connectivity index (χ2n) is 3.57. The van der Waals surface area contributed by atoms with Crippen molar-refractivity contribution in [3.05, 3.63) is 66.2 Å². The van der Waals surface area contributed by atoms with Crippen molar-refractivity contribution in [1.82, 2.24) is 0 Å². The molecule has 2 rings (SSSR count). The van der Waals surface area contributed by atoms with Crippen LogP contribution in [0.3, 0.4) is 0 Å². The third-order valence-corrected chi connectivity index (χ3v) is 2.33. The van der Waals surface area contributed by atoms with Gasteiger partial charge in [0, 0.05) is 6.08 Å². The highest BCUT2D eigenvalue weighted by Gasteiger charge is 1.97. The van der Waals surface area contributed by atoms with Crippen molar-refractivity contribution < 1.29 is 9.90 Å². The first kappa shape index (κ1) is 11.1. The number of rotatable bonds is 3. The molecule has 0 heterocycles. The maximum absolute atomic E-state index is 10.4. The summed E-state index contributed by atoms with van der Waals surface area (Å²) in [4.78, 5) is 10.4. The van der Waals surface area contributed by atoms with Gasteiger partial charge >= 0.3 is 5.97 Å². The molecule has 0 aliphatic rings. The Balaban J connectivity index is 2.32. The average molecular weight is 223 g/mol. The highest BCUT2D eigenvalue weighted by atomic mass is 16.4. The van der Waals surface area contributed by atoms with Crippen LogP contribution in [0.15, 0.2) is 54.6 Å². The van der Waals surface area contributed by atoms with E-state index in [2.05, 4.69) is 6.07 Å². The van der Waals surface area contributed by atoms with Gasteiger partial charge in [0.05, 0.1) is 0 Å². The van der Waals surface area contributed by atoms with E-state index in [1.54, 1.807) is 6.08 Å². The Hall–Kier alpha value is -2.35. The van der Waals surface area contributed by atoms with Gasteiger partial charge < -0.3 is 5.11 Å². The summed E-state index contributed by atoms with van der Waals surface area (Å²) < 4.78 is 0. The van der Waals surface area contributed by atoms with E-state index < -0.39 is 5.97 Å². The van der Waals surface area contributed by atoms with E-state index in [1.165, 1.54) is 0 Å². The standard InChI is InChI=1S/C15H11O2/c16-15(17)10-9-12-5-4-8-14(11-12)13-6-2-1-3-7-13/h1-6,8-11H,(H,16,17)/b10-9+. The van der Waals surface area contributed by atoms with Crippen molar-refractivity contribution in [2.24, 2.45) is 0 Å². The van der Waals surface area contributed by atoms with Crippen LogP contribution in [-0.4, -0.2) is 11.1 Å². The second-order valence-corrected chi connectivity index (χ2v) is 3.57. The van der Waals surface area contributed by atoms with Gasteiger partial charge in [0.25, 0.3) is 0 Å². The number of carbonyl (C=O) groups is 1. The second kappa shape index (κ2) is 5.12. The summed E-state index contributed by atoms with van der Waals surface area (Å²) in [6.07, 6.45) is 2.71. The first-order valence-electron chi connectivity index (χ1n) is 5.24. The molecule has 0 bridgehead atoms. The van der Waals surface area contributed by atoms with Crippen LogP contribution in [0.4, 0.5) is 0 Å². The fourth-order valence-corrected chi connectivity index (χ4v) is 1.55. The minimum absolute atomic E-state index is 0.863. The Morgan fingerprint density at radius 1 is 1.18 bits per heavy atom. The lowest BCUT2D eigenvalue weighted by Gasteiger charge is -2.01. The summed E-state index contributed by atoms with van der Waals surface area (Å²) in [6, 6.07) is 18.5. The van der Waals surface area contributed by atoms with Gasteiger partial charge in [-0.2, -0.15) is 0 Å². The summed E-state index contributed by atoms with van der Waals surface area (Å²) in [5, 5.41) is 8.57. The predicted molar refractivity (Wildman–Crippen MR) is 67.4 cm³/mol. The van der Waals surface area contributed by atoms with Crippen LogP contribution in [0.1, 0.15) is 5.56 Å². The van der Waals surface area contributed by atoms with Crippen molar-refractivity contribution in [2.45, 2.75) is 0 Å². The third-order valence-electron chi connectivity index (χ3n) is 2.33. The predicted octanol–water partition coefficient (Wildman–Crippen LogP) is 3.25. The number of hydrogen-bond donors (Lipinski definition) is 1. The SMILES string of the molecule is O=C(O)/C=C/c1cccc(-c2[c]cccc2)c1.